The molecule has 1 aliphatic rings. The number of nitrogens with one attached hydrogen (secondary N) is 1. The maximum atomic E-state index is 10.7. The van der Waals surface area contributed by atoms with Crippen molar-refractivity contribution in [3.8, 4) is 0 Å². The van der Waals surface area contributed by atoms with Crippen molar-refractivity contribution in [2.24, 2.45) is 5.73 Å². The van der Waals surface area contributed by atoms with Crippen molar-refractivity contribution in [2.75, 3.05) is 6.54 Å². The van der Waals surface area contributed by atoms with Crippen LogP contribution >= 0.6 is 0 Å². The summed E-state index contributed by atoms with van der Waals surface area (Å²) in [6.07, 6.45) is 0.863. The lowest BCUT2D eigenvalue weighted by Crippen LogP contribution is -2.37. The first-order valence-electron chi connectivity index (χ1n) is 5.50. The van der Waals surface area contributed by atoms with E-state index in [4.69, 9.17) is 10.5 Å². The molecular weight excluding hydrogens is 204 g/mol. The molecule has 2 rings (SSSR count). The number of amides is 1. The molecule has 1 amide bonds. The summed E-state index contributed by atoms with van der Waals surface area (Å²) < 4.78 is 5.04. The lowest BCUT2D eigenvalue weighted by Gasteiger charge is -2.29. The molecule has 3 N–H and O–H groups in total. The van der Waals surface area contributed by atoms with Crippen LogP contribution in [0.5, 0.6) is 0 Å². The number of nitrogens with two attached hydrogens (primary N) is 1. The topological polar surface area (TPSA) is 64.4 Å². The minimum absolute atomic E-state index is 0.0658. The lowest BCUT2D eigenvalue weighted by atomic mass is 9.95. The second-order valence-corrected chi connectivity index (χ2v) is 4.00. The molecular formula is C12H16N2O2. The van der Waals surface area contributed by atoms with Gasteiger partial charge in [-0.25, -0.2) is 4.79 Å². The SMILES string of the molecule is NC(=O)OC1CCN[C@H](c2ccccc2)C1. The maximum Gasteiger partial charge on any atom is 0.404 e. The van der Waals surface area contributed by atoms with Gasteiger partial charge in [-0.3, -0.25) is 0 Å². The summed E-state index contributed by atoms with van der Waals surface area (Å²) in [5.74, 6) is 0. The number of carbonyl (C=O) groups is 1. The summed E-state index contributed by atoms with van der Waals surface area (Å²) >= 11 is 0. The molecule has 0 aromatic heterocycles. The van der Waals surface area contributed by atoms with Crippen molar-refractivity contribution in [3.63, 3.8) is 0 Å². The van der Waals surface area contributed by atoms with Gasteiger partial charge in [-0.05, 0) is 18.5 Å². The summed E-state index contributed by atoms with van der Waals surface area (Å²) in [6.45, 7) is 0.845. The van der Waals surface area contributed by atoms with Gasteiger partial charge in [0.25, 0.3) is 0 Å². The number of piperidine rings is 1. The van der Waals surface area contributed by atoms with Crippen molar-refractivity contribution < 1.29 is 9.53 Å². The van der Waals surface area contributed by atoms with Crippen LogP contribution in [0.1, 0.15) is 24.4 Å². The van der Waals surface area contributed by atoms with Crippen molar-refractivity contribution in [3.05, 3.63) is 35.9 Å². The van der Waals surface area contributed by atoms with Gasteiger partial charge in [0.1, 0.15) is 6.10 Å². The van der Waals surface area contributed by atoms with Crippen LogP contribution in [-0.2, 0) is 4.74 Å². The van der Waals surface area contributed by atoms with Gasteiger partial charge in [-0.2, -0.15) is 0 Å². The Kier molecular flexibility index (Phi) is 3.41. The van der Waals surface area contributed by atoms with Gasteiger partial charge in [-0.15, -0.1) is 0 Å². The molecule has 1 aromatic carbocycles. The predicted molar refractivity (Wildman–Crippen MR) is 60.9 cm³/mol. The van der Waals surface area contributed by atoms with E-state index in [1.165, 1.54) is 5.56 Å². The second kappa shape index (κ2) is 4.99. The van der Waals surface area contributed by atoms with Gasteiger partial charge in [0.15, 0.2) is 0 Å². The van der Waals surface area contributed by atoms with E-state index in [1.807, 2.05) is 18.2 Å². The smallest absolute Gasteiger partial charge is 0.404 e. The average Bonchev–Trinajstić information content (AvgIpc) is 2.30. The molecule has 1 unspecified atom stereocenters. The van der Waals surface area contributed by atoms with Crippen LogP contribution in [0.15, 0.2) is 30.3 Å². The van der Waals surface area contributed by atoms with Crippen LogP contribution in [0.2, 0.25) is 0 Å². The number of ether oxygens (including phenoxy) is 1. The normalized spacial score (nSPS) is 25.0. The van der Waals surface area contributed by atoms with E-state index in [2.05, 4.69) is 17.4 Å². The first-order valence-corrected chi connectivity index (χ1v) is 5.50. The first-order chi connectivity index (χ1) is 7.75. The average molecular weight is 220 g/mol. The van der Waals surface area contributed by atoms with E-state index in [0.29, 0.717) is 0 Å². The van der Waals surface area contributed by atoms with Crippen LogP contribution in [0.25, 0.3) is 0 Å². The summed E-state index contributed by atoms with van der Waals surface area (Å²) in [6, 6.07) is 10.4. The van der Waals surface area contributed by atoms with Gasteiger partial charge in [0.05, 0.1) is 0 Å². The minimum atomic E-state index is -0.682. The first kappa shape index (κ1) is 11.0. The molecule has 1 aromatic rings. The Morgan fingerprint density at radius 3 is 2.81 bits per heavy atom. The molecule has 1 fully saturated rings. The number of hydrogen-bond donors (Lipinski definition) is 2. The largest absolute Gasteiger partial charge is 0.446 e. The Balaban J connectivity index is 1.99. The zero-order valence-electron chi connectivity index (χ0n) is 9.06. The second-order valence-electron chi connectivity index (χ2n) is 4.00. The molecule has 0 bridgehead atoms. The number of benzene rings is 1. The molecule has 0 aliphatic carbocycles. The van der Waals surface area contributed by atoms with Crippen LogP contribution in [-0.4, -0.2) is 18.7 Å². The molecule has 1 aliphatic heterocycles. The molecule has 4 nitrogen and oxygen atoms in total. The van der Waals surface area contributed by atoms with Crippen LogP contribution < -0.4 is 11.1 Å². The van der Waals surface area contributed by atoms with E-state index in [0.717, 1.165) is 19.4 Å². The molecule has 0 saturated carbocycles. The van der Waals surface area contributed by atoms with Crippen LogP contribution in [0.4, 0.5) is 4.79 Å². The summed E-state index contributed by atoms with van der Waals surface area (Å²) in [5.41, 5.74) is 6.25. The fraction of sp³-hybridized carbons (Fsp3) is 0.417. The van der Waals surface area contributed by atoms with Gasteiger partial charge in [0, 0.05) is 12.5 Å². The van der Waals surface area contributed by atoms with Crippen molar-refractivity contribution in [1.82, 2.24) is 5.32 Å². The monoisotopic (exact) mass is 220 g/mol. The van der Waals surface area contributed by atoms with Gasteiger partial charge in [-0.1, -0.05) is 30.3 Å². The highest BCUT2D eigenvalue weighted by Gasteiger charge is 2.24. The number of carbonyl (C=O) groups excluding carboxylic acids is 1. The van der Waals surface area contributed by atoms with Crippen molar-refractivity contribution >= 4 is 6.09 Å². The van der Waals surface area contributed by atoms with Gasteiger partial charge in [0.2, 0.25) is 0 Å². The van der Waals surface area contributed by atoms with Crippen molar-refractivity contribution in [1.29, 1.82) is 0 Å². The fourth-order valence-electron chi connectivity index (χ4n) is 2.09. The van der Waals surface area contributed by atoms with E-state index >= 15 is 0 Å². The summed E-state index contributed by atoms with van der Waals surface area (Å²) in [7, 11) is 0. The molecule has 1 saturated heterocycles. The Hall–Kier alpha value is -1.55. The van der Waals surface area contributed by atoms with E-state index in [1.54, 1.807) is 0 Å². The van der Waals surface area contributed by atoms with Gasteiger partial charge >= 0.3 is 6.09 Å². The predicted octanol–water partition coefficient (Wildman–Crippen LogP) is 1.57. The molecule has 2 atom stereocenters. The highest BCUT2D eigenvalue weighted by Crippen LogP contribution is 2.24. The Morgan fingerprint density at radius 1 is 1.38 bits per heavy atom. The number of primary amides is 1. The number of rotatable bonds is 2. The molecule has 1 heterocycles. The lowest BCUT2D eigenvalue weighted by molar-refractivity contribution is 0.0755. The molecule has 0 spiro atoms. The minimum Gasteiger partial charge on any atom is -0.446 e. The van der Waals surface area contributed by atoms with E-state index < -0.39 is 6.09 Å². The third-order valence-corrected chi connectivity index (χ3v) is 2.84. The van der Waals surface area contributed by atoms with Crippen LogP contribution in [0.3, 0.4) is 0 Å². The van der Waals surface area contributed by atoms with Crippen molar-refractivity contribution in [2.45, 2.75) is 25.0 Å². The Labute approximate surface area is 94.8 Å². The highest BCUT2D eigenvalue weighted by atomic mass is 16.6. The Bertz CT molecular complexity index is 353. The zero-order chi connectivity index (χ0) is 11.4. The standard InChI is InChI=1S/C12H16N2O2/c13-12(15)16-10-6-7-14-11(8-10)9-4-2-1-3-5-9/h1-5,10-11,14H,6-8H2,(H2,13,15)/t10?,11-/m0/s1. The maximum absolute atomic E-state index is 10.7. The molecule has 4 heteroatoms. The van der Waals surface area contributed by atoms with E-state index in [-0.39, 0.29) is 12.1 Å². The third-order valence-electron chi connectivity index (χ3n) is 2.84. The number of hydrogen-bond acceptors (Lipinski definition) is 3. The Morgan fingerprint density at radius 2 is 2.12 bits per heavy atom. The third kappa shape index (κ3) is 2.73. The fourth-order valence-corrected chi connectivity index (χ4v) is 2.09. The van der Waals surface area contributed by atoms with Gasteiger partial charge < -0.3 is 15.8 Å². The highest BCUT2D eigenvalue weighted by molar-refractivity contribution is 5.64. The van der Waals surface area contributed by atoms with Crippen LogP contribution in [0, 0.1) is 0 Å². The summed E-state index contributed by atoms with van der Waals surface area (Å²) in [5, 5.41) is 3.41. The molecule has 0 radical (unpaired) electrons. The van der Waals surface area contributed by atoms with E-state index in [9.17, 15) is 4.79 Å². The molecule has 86 valence electrons. The summed E-state index contributed by atoms with van der Waals surface area (Å²) in [4.78, 5) is 10.7. The quantitative estimate of drug-likeness (QED) is 0.795. The zero-order valence-corrected chi connectivity index (χ0v) is 9.06. The molecule has 16 heavy (non-hydrogen) atoms.